The molecular weight excluding hydrogens is 420 g/mol. The second kappa shape index (κ2) is 9.61. The second-order valence-electron chi connectivity index (χ2n) is 7.63. The summed E-state index contributed by atoms with van der Waals surface area (Å²) in [7, 11) is 1.63. The molecule has 3 aromatic heterocycles. The minimum atomic E-state index is -0.347. The van der Waals surface area contributed by atoms with E-state index in [0.717, 1.165) is 23.3 Å². The number of aryl methyl sites for hydroxylation is 1. The molecule has 9 nitrogen and oxygen atoms in total. The fraction of sp³-hybridized carbons (Fsp3) is 0.333. The highest BCUT2D eigenvalue weighted by molar-refractivity contribution is 5.75. The van der Waals surface area contributed by atoms with Crippen molar-refractivity contribution in [3.8, 4) is 29.0 Å². The van der Waals surface area contributed by atoms with Crippen molar-refractivity contribution in [1.29, 1.82) is 0 Å². The average Bonchev–Trinajstić information content (AvgIpc) is 3.48. The molecule has 170 valence electrons. The van der Waals surface area contributed by atoms with Crippen LogP contribution in [-0.4, -0.2) is 36.0 Å². The van der Waals surface area contributed by atoms with E-state index >= 15 is 0 Å². The third kappa shape index (κ3) is 4.46. The van der Waals surface area contributed by atoms with E-state index in [1.807, 2.05) is 44.3 Å². The number of nitrogens with zero attached hydrogens (tertiary/aromatic N) is 5. The molecule has 0 radical (unpaired) electrons. The van der Waals surface area contributed by atoms with Crippen LogP contribution >= 0.6 is 0 Å². The second-order valence-corrected chi connectivity index (χ2v) is 7.63. The molecule has 0 saturated carbocycles. The van der Waals surface area contributed by atoms with E-state index in [2.05, 4.69) is 26.9 Å². The van der Waals surface area contributed by atoms with Crippen LogP contribution in [0.2, 0.25) is 0 Å². The lowest BCUT2D eigenvalue weighted by Gasteiger charge is -2.09. The van der Waals surface area contributed by atoms with Gasteiger partial charge in [-0.3, -0.25) is 18.6 Å². The Labute approximate surface area is 190 Å². The number of H-pyrrole nitrogens is 1. The van der Waals surface area contributed by atoms with E-state index < -0.39 is 0 Å². The summed E-state index contributed by atoms with van der Waals surface area (Å²) in [5, 5.41) is 4.35. The van der Waals surface area contributed by atoms with Gasteiger partial charge in [-0.15, -0.1) is 0 Å². The number of aromatic amines is 1. The van der Waals surface area contributed by atoms with Crippen molar-refractivity contribution in [2.75, 3.05) is 7.11 Å². The summed E-state index contributed by atoms with van der Waals surface area (Å²) in [6.07, 6.45) is 4.93. The number of aromatic nitrogens is 6. The maximum Gasteiger partial charge on any atom is 0.332 e. The summed E-state index contributed by atoms with van der Waals surface area (Å²) in [5.41, 5.74) is 1.64. The fourth-order valence-corrected chi connectivity index (χ4v) is 3.62. The van der Waals surface area contributed by atoms with Gasteiger partial charge in [-0.25, -0.2) is 9.78 Å². The van der Waals surface area contributed by atoms with Crippen LogP contribution in [0.4, 0.5) is 0 Å². The first-order valence-corrected chi connectivity index (χ1v) is 10.9. The van der Waals surface area contributed by atoms with E-state index in [1.165, 1.54) is 4.57 Å². The average molecular weight is 447 g/mol. The smallest absolute Gasteiger partial charge is 0.332 e. The summed E-state index contributed by atoms with van der Waals surface area (Å²) in [4.78, 5) is 33.4. The van der Waals surface area contributed by atoms with Gasteiger partial charge in [0.1, 0.15) is 23.6 Å². The van der Waals surface area contributed by atoms with Crippen molar-refractivity contribution >= 4 is 11.2 Å². The maximum atomic E-state index is 12.9. The molecule has 4 rings (SSSR count). The number of nitrogens with one attached hydrogen (secondary N) is 1. The molecule has 0 aliphatic rings. The Kier molecular flexibility index (Phi) is 6.45. The Hall–Kier alpha value is -4.06. The Morgan fingerprint density at radius 1 is 1.06 bits per heavy atom. The number of methoxy groups -OCH3 is 1. The molecule has 0 saturated heterocycles. The number of fused-ring (bicyclic) bond motifs is 1. The fourth-order valence-electron chi connectivity index (χ4n) is 3.62. The van der Waals surface area contributed by atoms with Crippen molar-refractivity contribution < 1.29 is 4.74 Å². The van der Waals surface area contributed by atoms with Crippen molar-refractivity contribution in [2.45, 2.75) is 46.3 Å². The lowest BCUT2D eigenvalue weighted by molar-refractivity contribution is 0.415. The molecule has 0 aliphatic carbocycles. The largest absolute Gasteiger partial charge is 0.497 e. The van der Waals surface area contributed by atoms with Crippen molar-refractivity contribution in [3.05, 3.63) is 63.1 Å². The van der Waals surface area contributed by atoms with Crippen LogP contribution in [0, 0.1) is 11.8 Å². The highest BCUT2D eigenvalue weighted by Gasteiger charge is 2.18. The first kappa shape index (κ1) is 22.1. The molecule has 0 unspecified atom stereocenters. The summed E-state index contributed by atoms with van der Waals surface area (Å²) in [6.45, 7) is 5.18. The van der Waals surface area contributed by atoms with Gasteiger partial charge in [-0.2, -0.15) is 5.10 Å². The summed E-state index contributed by atoms with van der Waals surface area (Å²) in [6, 6.07) is 7.53. The predicted octanol–water partition coefficient (Wildman–Crippen LogP) is 2.63. The van der Waals surface area contributed by atoms with Crippen molar-refractivity contribution in [1.82, 2.24) is 28.9 Å². The van der Waals surface area contributed by atoms with Crippen LogP contribution in [-0.2, 0) is 19.6 Å². The quantitative estimate of drug-likeness (QED) is 0.440. The minimum Gasteiger partial charge on any atom is -0.497 e. The minimum absolute atomic E-state index is 0.321. The van der Waals surface area contributed by atoms with Crippen molar-refractivity contribution in [2.24, 2.45) is 0 Å². The van der Waals surface area contributed by atoms with Crippen LogP contribution in [0.25, 0.3) is 22.6 Å². The lowest BCUT2D eigenvalue weighted by Crippen LogP contribution is -2.40. The number of rotatable bonds is 7. The highest BCUT2D eigenvalue weighted by Crippen LogP contribution is 2.18. The van der Waals surface area contributed by atoms with Gasteiger partial charge in [-0.1, -0.05) is 25.7 Å². The topological polar surface area (TPSA) is 99.7 Å². The monoisotopic (exact) mass is 446 g/mol. The molecule has 1 aromatic carbocycles. The Bertz CT molecular complexity index is 1440. The van der Waals surface area contributed by atoms with Gasteiger partial charge >= 0.3 is 5.69 Å². The zero-order valence-electron chi connectivity index (χ0n) is 19.0. The number of ether oxygens (including phenoxy) is 1. The molecule has 0 spiro atoms. The number of benzene rings is 1. The van der Waals surface area contributed by atoms with Gasteiger partial charge in [-0.05, 0) is 37.1 Å². The van der Waals surface area contributed by atoms with Gasteiger partial charge in [0.15, 0.2) is 5.65 Å². The van der Waals surface area contributed by atoms with Gasteiger partial charge in [0.2, 0.25) is 0 Å². The molecule has 0 amide bonds. The standard InChI is InChI=1S/C24H26N6O3/c1-4-12-29-22-20(23(31)30(13-5-2)24(29)32)26-21(27-22)18-15-25-28(16-18)14-6-7-17-8-10-19(33-3)11-9-17/h8-11,15-16H,4-5,12-14H2,1-3H3,(H,26,27). The molecular formula is C24H26N6O3. The normalized spacial score (nSPS) is 10.9. The molecule has 0 fully saturated rings. The maximum absolute atomic E-state index is 12.9. The molecule has 4 aromatic rings. The van der Waals surface area contributed by atoms with Gasteiger partial charge in [0.05, 0.1) is 18.9 Å². The Balaban J connectivity index is 1.63. The van der Waals surface area contributed by atoms with Crippen LogP contribution in [0.15, 0.2) is 46.2 Å². The molecule has 0 bridgehead atoms. The number of hydrogen-bond acceptors (Lipinski definition) is 5. The lowest BCUT2D eigenvalue weighted by atomic mass is 10.2. The van der Waals surface area contributed by atoms with Crippen LogP contribution in [0.5, 0.6) is 5.75 Å². The summed E-state index contributed by atoms with van der Waals surface area (Å²) >= 11 is 0. The molecule has 33 heavy (non-hydrogen) atoms. The number of hydrogen-bond donors (Lipinski definition) is 1. The molecule has 0 aliphatic heterocycles. The summed E-state index contributed by atoms with van der Waals surface area (Å²) < 4.78 is 9.70. The predicted molar refractivity (Wildman–Crippen MR) is 126 cm³/mol. The zero-order valence-corrected chi connectivity index (χ0v) is 19.0. The highest BCUT2D eigenvalue weighted by atomic mass is 16.5. The Morgan fingerprint density at radius 2 is 1.79 bits per heavy atom. The van der Waals surface area contributed by atoms with Crippen LogP contribution < -0.4 is 16.0 Å². The van der Waals surface area contributed by atoms with E-state index in [0.29, 0.717) is 43.0 Å². The van der Waals surface area contributed by atoms with Crippen LogP contribution in [0.1, 0.15) is 32.3 Å². The third-order valence-corrected chi connectivity index (χ3v) is 5.23. The van der Waals surface area contributed by atoms with Crippen molar-refractivity contribution in [3.63, 3.8) is 0 Å². The molecule has 0 atom stereocenters. The van der Waals surface area contributed by atoms with Crippen LogP contribution in [0.3, 0.4) is 0 Å². The zero-order chi connectivity index (χ0) is 23.4. The first-order chi connectivity index (χ1) is 16.0. The van der Waals surface area contributed by atoms with Gasteiger partial charge < -0.3 is 9.72 Å². The Morgan fingerprint density at radius 3 is 2.48 bits per heavy atom. The van der Waals surface area contributed by atoms with E-state index in [-0.39, 0.29) is 11.2 Å². The molecule has 3 heterocycles. The van der Waals surface area contributed by atoms with E-state index in [1.54, 1.807) is 22.6 Å². The first-order valence-electron chi connectivity index (χ1n) is 10.9. The van der Waals surface area contributed by atoms with Gasteiger partial charge in [0.25, 0.3) is 5.56 Å². The third-order valence-electron chi connectivity index (χ3n) is 5.23. The molecule has 1 N–H and O–H groups in total. The van der Waals surface area contributed by atoms with E-state index in [4.69, 9.17) is 4.74 Å². The molecule has 9 heteroatoms. The number of imidazole rings is 1. The van der Waals surface area contributed by atoms with Gasteiger partial charge in [0, 0.05) is 24.8 Å². The summed E-state index contributed by atoms with van der Waals surface area (Å²) in [5.74, 6) is 7.47. The SMILES string of the molecule is CCCn1c(=O)c2[nH]c(-c3cnn(CC#Cc4ccc(OC)cc4)c3)nc2n(CCC)c1=O. The van der Waals surface area contributed by atoms with E-state index in [9.17, 15) is 9.59 Å².